The van der Waals surface area contributed by atoms with Crippen molar-refractivity contribution in [3.05, 3.63) is 28.2 Å². The van der Waals surface area contributed by atoms with E-state index in [2.05, 4.69) is 21.2 Å². The third kappa shape index (κ3) is 3.11. The molecule has 0 radical (unpaired) electrons. The number of rotatable bonds is 5. The maximum Gasteiger partial charge on any atom is 0.253 e. The number of nitrogens with two attached hydrogens (primary N) is 1. The van der Waals surface area contributed by atoms with Crippen LogP contribution in [-0.2, 0) is 0 Å². The largest absolute Gasteiger partial charge is 0.398 e. The number of hydrogen-bond acceptors (Lipinski definition) is 2. The van der Waals surface area contributed by atoms with Crippen LogP contribution in [0.2, 0.25) is 0 Å². The fourth-order valence-electron chi connectivity index (χ4n) is 2.80. The van der Waals surface area contributed by atoms with Crippen LogP contribution in [0.1, 0.15) is 36.0 Å². The Balaban J connectivity index is 1.62. The van der Waals surface area contributed by atoms with Crippen LogP contribution in [-0.4, -0.2) is 12.5 Å². The van der Waals surface area contributed by atoms with Crippen molar-refractivity contribution >= 4 is 27.5 Å². The molecular formula is C15H19BrN2O. The molecule has 0 saturated heterocycles. The number of halogens is 1. The van der Waals surface area contributed by atoms with Gasteiger partial charge in [0.1, 0.15) is 0 Å². The van der Waals surface area contributed by atoms with Gasteiger partial charge in [-0.3, -0.25) is 4.79 Å². The average molecular weight is 323 g/mol. The summed E-state index contributed by atoms with van der Waals surface area (Å²) < 4.78 is 0.882. The minimum Gasteiger partial charge on any atom is -0.398 e. The van der Waals surface area contributed by atoms with Crippen LogP contribution in [0.5, 0.6) is 0 Å². The summed E-state index contributed by atoms with van der Waals surface area (Å²) >= 11 is 3.38. The van der Waals surface area contributed by atoms with E-state index in [-0.39, 0.29) is 5.91 Å². The van der Waals surface area contributed by atoms with Crippen LogP contribution in [0.25, 0.3) is 0 Å². The molecule has 2 fully saturated rings. The second kappa shape index (κ2) is 5.16. The zero-order valence-electron chi connectivity index (χ0n) is 10.9. The molecule has 2 aliphatic rings. The molecule has 0 unspecified atom stereocenters. The van der Waals surface area contributed by atoms with Crippen molar-refractivity contribution < 1.29 is 4.79 Å². The molecule has 3 N–H and O–H groups in total. The highest BCUT2D eigenvalue weighted by atomic mass is 79.9. The Bertz CT molecular complexity index is 483. The monoisotopic (exact) mass is 322 g/mol. The van der Waals surface area contributed by atoms with Gasteiger partial charge in [0, 0.05) is 16.7 Å². The van der Waals surface area contributed by atoms with Crippen molar-refractivity contribution in [1.82, 2.24) is 5.32 Å². The third-order valence-electron chi connectivity index (χ3n) is 4.21. The number of carbonyl (C=O) groups excluding carboxylic acids is 1. The first-order valence-corrected chi connectivity index (χ1v) is 7.77. The van der Waals surface area contributed by atoms with Crippen LogP contribution in [0.3, 0.4) is 0 Å². The summed E-state index contributed by atoms with van der Waals surface area (Å²) in [4.78, 5) is 12.2. The number of hydrogen-bond donors (Lipinski definition) is 2. The summed E-state index contributed by atoms with van der Waals surface area (Å²) in [5.41, 5.74) is 6.97. The van der Waals surface area contributed by atoms with Crippen molar-refractivity contribution in [2.45, 2.75) is 25.7 Å². The Kier molecular flexibility index (Phi) is 3.52. The summed E-state index contributed by atoms with van der Waals surface area (Å²) in [5.74, 6) is 2.35. The Morgan fingerprint density at radius 2 is 1.95 bits per heavy atom. The van der Waals surface area contributed by atoms with E-state index in [1.54, 1.807) is 12.1 Å². The fraction of sp³-hybridized carbons (Fsp3) is 0.533. The first-order chi connectivity index (χ1) is 9.15. The zero-order chi connectivity index (χ0) is 13.4. The molecule has 1 aromatic carbocycles. The molecule has 102 valence electrons. The van der Waals surface area contributed by atoms with Crippen molar-refractivity contribution in [2.75, 3.05) is 12.3 Å². The van der Waals surface area contributed by atoms with Gasteiger partial charge in [0.05, 0.1) is 5.56 Å². The van der Waals surface area contributed by atoms with E-state index in [9.17, 15) is 4.79 Å². The summed E-state index contributed by atoms with van der Waals surface area (Å²) in [6, 6.07) is 5.40. The minimum absolute atomic E-state index is 0.0508. The molecule has 3 rings (SSSR count). The molecule has 0 aromatic heterocycles. The van der Waals surface area contributed by atoms with E-state index in [0.717, 1.165) is 22.9 Å². The second-order valence-electron chi connectivity index (χ2n) is 5.78. The highest BCUT2D eigenvalue weighted by Gasteiger charge is 2.41. The van der Waals surface area contributed by atoms with Gasteiger partial charge in [0.25, 0.3) is 5.91 Å². The number of nitrogen functional groups attached to an aromatic ring is 1. The first kappa shape index (κ1) is 13.0. The topological polar surface area (TPSA) is 55.1 Å². The highest BCUT2D eigenvalue weighted by Crippen LogP contribution is 2.48. The van der Waals surface area contributed by atoms with Crippen LogP contribution >= 0.6 is 15.9 Å². The van der Waals surface area contributed by atoms with E-state index in [1.807, 2.05) is 6.07 Å². The average Bonchev–Trinajstić information content (AvgIpc) is 3.25. The maximum absolute atomic E-state index is 12.2. The van der Waals surface area contributed by atoms with Crippen molar-refractivity contribution in [1.29, 1.82) is 0 Å². The van der Waals surface area contributed by atoms with Gasteiger partial charge in [-0.1, -0.05) is 15.9 Å². The molecule has 19 heavy (non-hydrogen) atoms. The van der Waals surface area contributed by atoms with E-state index in [1.165, 1.54) is 25.7 Å². The Hall–Kier alpha value is -1.03. The van der Waals surface area contributed by atoms with Crippen LogP contribution in [0, 0.1) is 17.8 Å². The summed E-state index contributed by atoms with van der Waals surface area (Å²) in [7, 11) is 0. The number of amides is 1. The molecular weight excluding hydrogens is 304 g/mol. The van der Waals surface area contributed by atoms with E-state index >= 15 is 0 Å². The van der Waals surface area contributed by atoms with E-state index in [0.29, 0.717) is 17.2 Å². The number of nitrogens with one attached hydrogen (secondary N) is 1. The Morgan fingerprint density at radius 1 is 1.32 bits per heavy atom. The molecule has 0 bridgehead atoms. The highest BCUT2D eigenvalue weighted by molar-refractivity contribution is 9.10. The van der Waals surface area contributed by atoms with Gasteiger partial charge >= 0.3 is 0 Å². The van der Waals surface area contributed by atoms with Crippen molar-refractivity contribution in [3.63, 3.8) is 0 Å². The van der Waals surface area contributed by atoms with Crippen LogP contribution in [0.4, 0.5) is 5.69 Å². The summed E-state index contributed by atoms with van der Waals surface area (Å²) in [6.07, 6.45) is 5.37. The molecule has 4 heteroatoms. The minimum atomic E-state index is -0.0508. The predicted molar refractivity (Wildman–Crippen MR) is 79.8 cm³/mol. The van der Waals surface area contributed by atoms with Crippen LogP contribution in [0.15, 0.2) is 22.7 Å². The number of anilines is 1. The smallest absolute Gasteiger partial charge is 0.253 e. The normalized spacial score (nSPS) is 18.6. The second-order valence-corrected chi connectivity index (χ2v) is 6.70. The number of carbonyl (C=O) groups is 1. The van der Waals surface area contributed by atoms with Gasteiger partial charge in [0.2, 0.25) is 0 Å². The molecule has 2 saturated carbocycles. The van der Waals surface area contributed by atoms with Crippen molar-refractivity contribution in [2.24, 2.45) is 17.8 Å². The quantitative estimate of drug-likeness (QED) is 0.818. The summed E-state index contributed by atoms with van der Waals surface area (Å²) in [6.45, 7) is 0.806. The molecule has 0 heterocycles. The van der Waals surface area contributed by atoms with E-state index in [4.69, 9.17) is 5.73 Å². The molecule has 0 atom stereocenters. The predicted octanol–water partition coefficient (Wildman–Crippen LogP) is 3.20. The fourth-order valence-corrected chi connectivity index (χ4v) is 3.16. The SMILES string of the molecule is Nc1ccc(Br)cc1C(=O)NCC(C1CC1)C1CC1. The zero-order valence-corrected chi connectivity index (χ0v) is 12.4. The Labute approximate surface area is 122 Å². The molecule has 3 nitrogen and oxygen atoms in total. The number of benzene rings is 1. The lowest BCUT2D eigenvalue weighted by molar-refractivity contribution is 0.0944. The van der Waals surface area contributed by atoms with E-state index < -0.39 is 0 Å². The first-order valence-electron chi connectivity index (χ1n) is 6.98. The van der Waals surface area contributed by atoms with Gasteiger partial charge in [0.15, 0.2) is 0 Å². The lowest BCUT2D eigenvalue weighted by Crippen LogP contribution is -2.31. The molecule has 1 aromatic rings. The maximum atomic E-state index is 12.2. The molecule has 2 aliphatic carbocycles. The molecule has 0 aliphatic heterocycles. The van der Waals surface area contributed by atoms with Crippen LogP contribution < -0.4 is 11.1 Å². The Morgan fingerprint density at radius 3 is 2.53 bits per heavy atom. The van der Waals surface area contributed by atoms with Gasteiger partial charge in [-0.15, -0.1) is 0 Å². The molecule has 0 spiro atoms. The standard InChI is InChI=1S/C15H19BrN2O/c16-11-5-6-14(17)12(7-11)15(19)18-8-13(9-1-2-9)10-3-4-10/h5-7,9-10,13H,1-4,8,17H2,(H,18,19). The van der Waals surface area contributed by atoms with Crippen molar-refractivity contribution in [3.8, 4) is 0 Å². The summed E-state index contributed by atoms with van der Waals surface area (Å²) in [5, 5.41) is 3.07. The lowest BCUT2D eigenvalue weighted by atomic mass is 9.98. The van der Waals surface area contributed by atoms with Gasteiger partial charge in [-0.2, -0.15) is 0 Å². The third-order valence-corrected chi connectivity index (χ3v) is 4.71. The van der Waals surface area contributed by atoms with Gasteiger partial charge in [-0.05, 0) is 61.6 Å². The van der Waals surface area contributed by atoms with Gasteiger partial charge < -0.3 is 11.1 Å². The van der Waals surface area contributed by atoms with Gasteiger partial charge in [-0.25, -0.2) is 0 Å². The lowest BCUT2D eigenvalue weighted by Gasteiger charge is -2.16. The molecule has 1 amide bonds.